The van der Waals surface area contributed by atoms with Crippen molar-refractivity contribution in [1.29, 1.82) is 0 Å². The monoisotopic (exact) mass is 376 g/mol. The van der Waals surface area contributed by atoms with Crippen LogP contribution in [0.2, 0.25) is 0 Å². The van der Waals surface area contributed by atoms with Gasteiger partial charge in [-0.05, 0) is 38.4 Å². The maximum atomic E-state index is 12.1. The molecule has 1 heterocycles. The number of carbonyl (C=O) groups is 2. The molecular weight excluding hydrogens is 353 g/mol. The highest BCUT2D eigenvalue weighted by atomic mass is 19.4. The highest BCUT2D eigenvalue weighted by Crippen LogP contribution is 2.14. The summed E-state index contributed by atoms with van der Waals surface area (Å²) < 4.78 is 37.1. The second kappa shape index (κ2) is 10.6. The molecule has 1 amide bonds. The summed E-state index contributed by atoms with van der Waals surface area (Å²) >= 11 is 0. The minimum absolute atomic E-state index is 0.196. The number of benzene rings is 1. The van der Waals surface area contributed by atoms with E-state index in [-0.39, 0.29) is 6.09 Å². The summed E-state index contributed by atoms with van der Waals surface area (Å²) in [6.45, 7) is 5.02. The predicted molar refractivity (Wildman–Crippen MR) is 88.6 cm³/mol. The lowest BCUT2D eigenvalue weighted by molar-refractivity contribution is -0.192. The Bertz CT molecular complexity index is 561. The van der Waals surface area contributed by atoms with E-state index in [0.29, 0.717) is 19.2 Å². The summed E-state index contributed by atoms with van der Waals surface area (Å²) in [5.74, 6) is -2.76. The molecule has 0 aromatic heterocycles. The fourth-order valence-corrected chi connectivity index (χ4v) is 2.46. The lowest BCUT2D eigenvalue weighted by atomic mass is 10.1. The summed E-state index contributed by atoms with van der Waals surface area (Å²) in [7, 11) is 0. The van der Waals surface area contributed by atoms with E-state index >= 15 is 0 Å². The van der Waals surface area contributed by atoms with E-state index in [4.69, 9.17) is 14.6 Å². The Morgan fingerprint density at radius 2 is 1.77 bits per heavy atom. The highest BCUT2D eigenvalue weighted by Gasteiger charge is 2.38. The van der Waals surface area contributed by atoms with E-state index in [2.05, 4.69) is 5.32 Å². The normalized spacial score (nSPS) is 14.8. The van der Waals surface area contributed by atoms with Crippen LogP contribution in [-0.2, 0) is 16.1 Å². The van der Waals surface area contributed by atoms with E-state index in [9.17, 15) is 18.0 Å². The number of rotatable bonds is 4. The van der Waals surface area contributed by atoms with Gasteiger partial charge in [0.2, 0.25) is 0 Å². The highest BCUT2D eigenvalue weighted by molar-refractivity contribution is 5.73. The first-order valence-corrected chi connectivity index (χ1v) is 8.23. The summed E-state index contributed by atoms with van der Waals surface area (Å²) in [4.78, 5) is 22.9. The summed E-state index contributed by atoms with van der Waals surface area (Å²) in [6.07, 6.45) is -3.26. The van der Waals surface area contributed by atoms with Crippen molar-refractivity contribution in [2.75, 3.05) is 19.6 Å². The second-order valence-corrected chi connectivity index (χ2v) is 5.61. The van der Waals surface area contributed by atoms with Crippen LogP contribution in [0.5, 0.6) is 0 Å². The van der Waals surface area contributed by atoms with Gasteiger partial charge in [0.05, 0.1) is 0 Å². The van der Waals surface area contributed by atoms with Gasteiger partial charge in [-0.1, -0.05) is 30.3 Å². The van der Waals surface area contributed by atoms with Crippen LogP contribution >= 0.6 is 0 Å². The molecule has 0 aliphatic carbocycles. The maximum absolute atomic E-state index is 12.1. The third kappa shape index (κ3) is 7.73. The first kappa shape index (κ1) is 21.8. The van der Waals surface area contributed by atoms with Crippen LogP contribution in [0.4, 0.5) is 18.0 Å². The number of nitrogens with one attached hydrogen (secondary N) is 1. The molecule has 1 aromatic carbocycles. The molecule has 9 heteroatoms. The molecule has 0 bridgehead atoms. The lowest BCUT2D eigenvalue weighted by Gasteiger charge is -2.33. The van der Waals surface area contributed by atoms with Crippen LogP contribution < -0.4 is 5.32 Å². The smallest absolute Gasteiger partial charge is 0.475 e. The van der Waals surface area contributed by atoms with Crippen LogP contribution in [0.3, 0.4) is 0 Å². The Kier molecular flexibility index (Phi) is 8.91. The first-order chi connectivity index (χ1) is 12.3. The number of aliphatic carboxylic acids is 1. The molecule has 146 valence electrons. The van der Waals surface area contributed by atoms with Gasteiger partial charge in [-0.3, -0.25) is 0 Å². The molecule has 0 saturated carbocycles. The number of hydrogen-bond acceptors (Lipinski definition) is 4. The topological polar surface area (TPSA) is 78.9 Å². The molecule has 1 saturated heterocycles. The van der Waals surface area contributed by atoms with Gasteiger partial charge in [0.25, 0.3) is 0 Å². The molecule has 2 N–H and O–H groups in total. The van der Waals surface area contributed by atoms with Crippen LogP contribution in [0.25, 0.3) is 0 Å². The zero-order valence-corrected chi connectivity index (χ0v) is 14.5. The van der Waals surface area contributed by atoms with Gasteiger partial charge in [-0.25, -0.2) is 9.59 Å². The van der Waals surface area contributed by atoms with Crippen LogP contribution in [0, 0.1) is 0 Å². The third-order valence-electron chi connectivity index (χ3n) is 3.77. The number of alkyl halides is 3. The van der Waals surface area contributed by atoms with E-state index < -0.39 is 12.1 Å². The molecule has 26 heavy (non-hydrogen) atoms. The molecule has 0 radical (unpaired) electrons. The van der Waals surface area contributed by atoms with Crippen molar-refractivity contribution >= 4 is 12.1 Å². The van der Waals surface area contributed by atoms with Crippen molar-refractivity contribution in [3.8, 4) is 0 Å². The van der Waals surface area contributed by atoms with E-state index in [0.717, 1.165) is 31.5 Å². The summed E-state index contributed by atoms with van der Waals surface area (Å²) in [5, 5.41) is 10.4. The predicted octanol–water partition coefficient (Wildman–Crippen LogP) is 3.03. The number of carboxylic acids is 1. The van der Waals surface area contributed by atoms with E-state index in [1.54, 1.807) is 0 Å². The second-order valence-electron chi connectivity index (χ2n) is 5.61. The minimum atomic E-state index is -5.08. The van der Waals surface area contributed by atoms with Gasteiger partial charge in [-0.2, -0.15) is 13.2 Å². The number of carboxylic acid groups (broad SMARTS) is 1. The molecule has 0 spiro atoms. The zero-order valence-electron chi connectivity index (χ0n) is 14.5. The number of hydrogen-bond donors (Lipinski definition) is 2. The SMILES string of the molecule is CCN(C(=O)OCc1ccccc1)C1CCNCC1.O=C(O)C(F)(F)F. The average Bonchev–Trinajstić information content (AvgIpc) is 2.62. The standard InChI is InChI=1S/C15H22N2O2.C2HF3O2/c1-2-17(14-8-10-16-11-9-14)15(18)19-12-13-6-4-3-5-7-13;3-2(4,5)1(6)7/h3-7,14,16H,2,8-12H2,1H3;(H,6,7). The van der Waals surface area contributed by atoms with Gasteiger partial charge in [0.1, 0.15) is 6.61 Å². The number of halogens is 3. The van der Waals surface area contributed by atoms with Gasteiger partial charge in [-0.15, -0.1) is 0 Å². The van der Waals surface area contributed by atoms with Crippen molar-refractivity contribution in [3.63, 3.8) is 0 Å². The molecule has 2 rings (SSSR count). The van der Waals surface area contributed by atoms with Crippen molar-refractivity contribution < 1.29 is 32.6 Å². The first-order valence-electron chi connectivity index (χ1n) is 8.23. The minimum Gasteiger partial charge on any atom is -0.475 e. The van der Waals surface area contributed by atoms with Gasteiger partial charge in [0, 0.05) is 12.6 Å². The quantitative estimate of drug-likeness (QED) is 0.845. The Hall–Kier alpha value is -2.29. The van der Waals surface area contributed by atoms with E-state index in [1.165, 1.54) is 0 Å². The number of carbonyl (C=O) groups excluding carboxylic acids is 1. The number of nitrogens with zero attached hydrogens (tertiary/aromatic N) is 1. The fraction of sp³-hybridized carbons (Fsp3) is 0.529. The molecule has 0 atom stereocenters. The van der Waals surface area contributed by atoms with Crippen molar-refractivity contribution in [2.24, 2.45) is 0 Å². The number of amides is 1. The van der Waals surface area contributed by atoms with Crippen molar-refractivity contribution in [1.82, 2.24) is 10.2 Å². The van der Waals surface area contributed by atoms with Crippen molar-refractivity contribution in [3.05, 3.63) is 35.9 Å². The van der Waals surface area contributed by atoms with Crippen LogP contribution in [0.15, 0.2) is 30.3 Å². The third-order valence-corrected chi connectivity index (χ3v) is 3.77. The van der Waals surface area contributed by atoms with Crippen LogP contribution in [0.1, 0.15) is 25.3 Å². The fourth-order valence-electron chi connectivity index (χ4n) is 2.46. The maximum Gasteiger partial charge on any atom is 0.490 e. The van der Waals surface area contributed by atoms with E-state index in [1.807, 2.05) is 42.2 Å². The number of piperidine rings is 1. The van der Waals surface area contributed by atoms with Gasteiger partial charge < -0.3 is 20.1 Å². The summed E-state index contributed by atoms with van der Waals surface area (Å²) in [6, 6.07) is 10.1. The number of ether oxygens (including phenoxy) is 1. The Labute approximate surface area is 149 Å². The molecule has 1 fully saturated rings. The zero-order chi connectivity index (χ0) is 19.6. The molecule has 0 unspecified atom stereocenters. The van der Waals surface area contributed by atoms with Gasteiger partial charge in [0.15, 0.2) is 0 Å². The molecular formula is C17H23F3N2O4. The molecule has 1 aliphatic heterocycles. The van der Waals surface area contributed by atoms with Gasteiger partial charge >= 0.3 is 18.2 Å². The molecule has 1 aliphatic rings. The largest absolute Gasteiger partial charge is 0.490 e. The Morgan fingerprint density at radius 3 is 2.23 bits per heavy atom. The molecule has 1 aromatic rings. The lowest BCUT2D eigenvalue weighted by Crippen LogP contribution is -2.46. The molecule has 6 nitrogen and oxygen atoms in total. The van der Waals surface area contributed by atoms with Crippen molar-refractivity contribution in [2.45, 2.75) is 38.6 Å². The average molecular weight is 376 g/mol. The Morgan fingerprint density at radius 1 is 1.23 bits per heavy atom. The summed E-state index contributed by atoms with van der Waals surface area (Å²) in [5.41, 5.74) is 1.03. The Balaban J connectivity index is 0.000000412. The van der Waals surface area contributed by atoms with Crippen LogP contribution in [-0.4, -0.2) is 53.9 Å².